The van der Waals surface area contributed by atoms with Crippen molar-refractivity contribution in [2.45, 2.75) is 71.3 Å². The van der Waals surface area contributed by atoms with Crippen LogP contribution in [0.25, 0.3) is 11.0 Å². The lowest BCUT2D eigenvalue weighted by atomic mass is 10.1. The van der Waals surface area contributed by atoms with Crippen molar-refractivity contribution in [1.82, 2.24) is 29.3 Å². The zero-order valence-electron chi connectivity index (χ0n) is 34.6. The van der Waals surface area contributed by atoms with Crippen molar-refractivity contribution in [2.75, 3.05) is 62.3 Å². The minimum Gasteiger partial charge on any atom is -0.478 e. The first-order valence-electron chi connectivity index (χ1n) is 19.3. The van der Waals surface area contributed by atoms with E-state index in [1.54, 1.807) is 24.5 Å². The molecule has 1 saturated heterocycles. The second kappa shape index (κ2) is 23.4. The summed E-state index contributed by atoms with van der Waals surface area (Å²) in [4.78, 5) is 86.6. The highest BCUT2D eigenvalue weighted by atomic mass is 79.9. The molecule has 3 atom stereocenters. The molecule has 1 aromatic carbocycles. The number of esters is 3. The smallest absolute Gasteiger partial charge is 0.358 e. The van der Waals surface area contributed by atoms with Crippen LogP contribution in [-0.2, 0) is 47.7 Å². The van der Waals surface area contributed by atoms with Crippen LogP contribution in [0.1, 0.15) is 47.5 Å². The number of hydrogen-bond donors (Lipinski definition) is 5. The predicted octanol–water partition coefficient (Wildman–Crippen LogP) is 0.188. The number of nitrogens with zero attached hydrogens (tertiary/aromatic N) is 6. The van der Waals surface area contributed by atoms with Crippen LogP contribution in [0, 0.1) is 0 Å². The average molecular weight is 952 g/mol. The minimum atomic E-state index is -1.36. The first-order valence-corrected chi connectivity index (χ1v) is 20.8. The Kier molecular flexibility index (Phi) is 18.4. The Morgan fingerprint density at radius 2 is 1.65 bits per heavy atom. The summed E-state index contributed by atoms with van der Waals surface area (Å²) >= 11 is 4.58. The number of hydrogen-bond acceptors (Lipinski definition) is 19. The molecule has 4 heterocycles. The standard InChI is InChI=1S/C34H44BrN9O9S.C4H4O4/c1-20(31(47)44(33-38-12-13-39-33)24-7-6-23-28(27(24)35)37-11-10-36-23)52-32(48)21(2)51-25(45)8-9-26(46)53-22(18-40-34(3,4)5)19-50-30-29(41-54-42-30)43-14-16-49-17-15-43;5-3(6)1-2-4(7)8/h6-7,10-11,20-22,40H,8-9,12-19H2,1-5H3,(H,38,39);1-2H,(H,5,6)(H,7,8)/p+1/b;2-1-/t20-,21-,22-;/m0./s1. The van der Waals surface area contributed by atoms with Gasteiger partial charge in [0, 0.05) is 49.7 Å². The Bertz CT molecular complexity index is 2110. The highest BCUT2D eigenvalue weighted by Crippen LogP contribution is 2.32. The zero-order valence-corrected chi connectivity index (χ0v) is 37.0. The third-order valence-electron chi connectivity index (χ3n) is 8.45. The van der Waals surface area contributed by atoms with Gasteiger partial charge in [-0.25, -0.2) is 14.4 Å². The van der Waals surface area contributed by atoms with Crippen molar-refractivity contribution in [2.24, 2.45) is 0 Å². The fourth-order valence-electron chi connectivity index (χ4n) is 5.46. The number of ether oxygens (including phenoxy) is 5. The van der Waals surface area contributed by atoms with Crippen molar-refractivity contribution >= 4 is 91.9 Å². The first kappa shape index (κ1) is 48.8. The van der Waals surface area contributed by atoms with Crippen LogP contribution in [-0.4, -0.2) is 147 Å². The van der Waals surface area contributed by atoms with Gasteiger partial charge in [-0.1, -0.05) is 0 Å². The number of anilines is 2. The number of carbonyl (C=O) groups excluding carboxylic acids is 4. The summed E-state index contributed by atoms with van der Waals surface area (Å²) in [7, 11) is 0. The number of morpholine rings is 1. The molecule has 0 unspecified atom stereocenters. The Labute approximate surface area is 368 Å². The normalized spacial score (nSPS) is 15.3. The maximum Gasteiger partial charge on any atom is 0.358 e. The summed E-state index contributed by atoms with van der Waals surface area (Å²) in [6.07, 6.45) is 0.210. The molecule has 0 radical (unpaired) electrons. The van der Waals surface area contributed by atoms with Gasteiger partial charge in [-0.15, -0.1) is 4.37 Å². The van der Waals surface area contributed by atoms with Crippen LogP contribution in [0.15, 0.2) is 41.2 Å². The molecular formula is C38H49BrN9O13S+. The fraction of sp³-hybridized carbons (Fsp3) is 0.500. The summed E-state index contributed by atoms with van der Waals surface area (Å²) in [5, 5.41) is 22.1. The van der Waals surface area contributed by atoms with Gasteiger partial charge in [0.1, 0.15) is 23.9 Å². The number of halogens is 1. The SMILES string of the molecule is C[C@H](OC(=O)CCC(=O)O[C@@H](CNC(C)(C)C)COc1nsnc1N1CCOCC1)C(=O)O[C@@H](C)C(=O)N(C1=[NH+]CCN1)c1ccc2nccnc2c1Br.O=C(O)/C=C\C(=O)O. The summed E-state index contributed by atoms with van der Waals surface area (Å²) in [6, 6.07) is 3.43. The fourth-order valence-corrected chi connectivity index (χ4v) is 6.59. The minimum absolute atomic E-state index is 0.00345. The van der Waals surface area contributed by atoms with E-state index < -0.39 is 54.1 Å². The van der Waals surface area contributed by atoms with E-state index in [0.29, 0.717) is 90.4 Å². The molecule has 2 aromatic heterocycles. The molecule has 0 spiro atoms. The maximum atomic E-state index is 13.8. The van der Waals surface area contributed by atoms with E-state index in [9.17, 15) is 28.8 Å². The molecule has 2 aliphatic rings. The number of amides is 1. The molecule has 2 aliphatic heterocycles. The zero-order chi connectivity index (χ0) is 45.4. The molecule has 22 nitrogen and oxygen atoms in total. The van der Waals surface area contributed by atoms with Gasteiger partial charge in [0.25, 0.3) is 5.88 Å². The van der Waals surface area contributed by atoms with Gasteiger partial charge in [0.15, 0.2) is 12.2 Å². The van der Waals surface area contributed by atoms with E-state index in [1.807, 2.05) is 25.7 Å². The number of carbonyl (C=O) groups is 6. The lowest BCUT2D eigenvalue weighted by molar-refractivity contribution is -0.445. The number of aliphatic carboxylic acids is 2. The molecule has 5 rings (SSSR count). The Balaban J connectivity index is 0.000000959. The van der Waals surface area contributed by atoms with Crippen LogP contribution < -0.4 is 30.2 Å². The summed E-state index contributed by atoms with van der Waals surface area (Å²) < 4.78 is 36.9. The molecule has 5 N–H and O–H groups in total. The molecule has 0 bridgehead atoms. The Morgan fingerprint density at radius 3 is 2.27 bits per heavy atom. The average Bonchev–Trinajstić information content (AvgIpc) is 3.95. The number of fused-ring (bicyclic) bond motifs is 1. The molecule has 0 aliphatic carbocycles. The molecule has 62 heavy (non-hydrogen) atoms. The number of rotatable bonds is 17. The number of carboxylic acids is 2. The van der Waals surface area contributed by atoms with E-state index >= 15 is 0 Å². The van der Waals surface area contributed by atoms with Crippen LogP contribution in [0.2, 0.25) is 0 Å². The Morgan fingerprint density at radius 1 is 0.984 bits per heavy atom. The van der Waals surface area contributed by atoms with E-state index in [4.69, 9.17) is 33.9 Å². The monoisotopic (exact) mass is 950 g/mol. The third kappa shape index (κ3) is 15.3. The predicted molar refractivity (Wildman–Crippen MR) is 224 cm³/mol. The molecular weight excluding hydrogens is 902 g/mol. The number of aromatic nitrogens is 4. The molecule has 336 valence electrons. The van der Waals surface area contributed by atoms with Gasteiger partial charge in [-0.3, -0.25) is 34.7 Å². The quantitative estimate of drug-likeness (QED) is 0.0686. The van der Waals surface area contributed by atoms with Crippen LogP contribution in [0.3, 0.4) is 0 Å². The number of carboxylic acid groups (broad SMARTS) is 2. The topological polar surface area (TPSA) is 285 Å². The van der Waals surface area contributed by atoms with Gasteiger partial charge in [0.05, 0.1) is 60.9 Å². The van der Waals surface area contributed by atoms with Crippen LogP contribution in [0.4, 0.5) is 11.5 Å². The highest BCUT2D eigenvalue weighted by molar-refractivity contribution is 9.10. The number of nitrogens with one attached hydrogen (secondary N) is 3. The van der Waals surface area contributed by atoms with Crippen molar-refractivity contribution in [3.05, 3.63) is 41.2 Å². The van der Waals surface area contributed by atoms with Gasteiger partial charge in [-0.05, 0) is 62.7 Å². The lowest BCUT2D eigenvalue weighted by Crippen LogP contribution is -2.75. The molecule has 0 saturated carbocycles. The summed E-state index contributed by atoms with van der Waals surface area (Å²) in [5.41, 5.74) is 1.33. The number of benzene rings is 1. The third-order valence-corrected chi connectivity index (χ3v) is 9.74. The molecule has 1 amide bonds. The van der Waals surface area contributed by atoms with E-state index in [-0.39, 0.29) is 31.5 Å². The van der Waals surface area contributed by atoms with E-state index in [0.717, 1.165) is 11.7 Å². The maximum absolute atomic E-state index is 13.8. The van der Waals surface area contributed by atoms with Crippen molar-refractivity contribution < 1.29 is 67.7 Å². The molecule has 3 aromatic rings. The lowest BCUT2D eigenvalue weighted by Gasteiger charge is -2.27. The van der Waals surface area contributed by atoms with Crippen molar-refractivity contribution in [3.63, 3.8) is 0 Å². The van der Waals surface area contributed by atoms with Crippen molar-refractivity contribution in [3.8, 4) is 5.88 Å². The van der Waals surface area contributed by atoms with Gasteiger partial charge >= 0.3 is 41.7 Å². The highest BCUT2D eigenvalue weighted by Gasteiger charge is 2.38. The second-order valence-corrected chi connectivity index (χ2v) is 15.8. The van der Waals surface area contributed by atoms with Crippen LogP contribution in [0.5, 0.6) is 5.88 Å². The van der Waals surface area contributed by atoms with Gasteiger partial charge in [0.2, 0.25) is 5.82 Å². The van der Waals surface area contributed by atoms with Gasteiger partial charge in [-0.2, -0.15) is 9.27 Å². The van der Waals surface area contributed by atoms with E-state index in [2.05, 4.69) is 50.3 Å². The molecule has 24 heteroatoms. The molecule has 1 fully saturated rings. The van der Waals surface area contributed by atoms with Crippen molar-refractivity contribution in [1.29, 1.82) is 0 Å². The summed E-state index contributed by atoms with van der Waals surface area (Å²) in [5.74, 6) is -4.16. The van der Waals surface area contributed by atoms with E-state index in [1.165, 1.54) is 18.7 Å². The second-order valence-electron chi connectivity index (χ2n) is 14.5. The van der Waals surface area contributed by atoms with Gasteiger partial charge < -0.3 is 44.1 Å². The Hall–Kier alpha value is -5.85. The van der Waals surface area contributed by atoms with Crippen LogP contribution >= 0.6 is 27.7 Å². The summed E-state index contributed by atoms with van der Waals surface area (Å²) in [6.45, 7) is 12.6. The number of guanidine groups is 1. The largest absolute Gasteiger partial charge is 0.478 e. The first-order chi connectivity index (χ1) is 29.4.